The molecule has 2 aromatic rings. The molecule has 0 saturated carbocycles. The first-order valence-corrected chi connectivity index (χ1v) is 10.9. The maximum Gasteiger partial charge on any atom is 0.252 e. The first-order valence-electron chi connectivity index (χ1n) is 10.5. The number of nitrogens with one attached hydrogen (secondary N) is 1. The van der Waals surface area contributed by atoms with Crippen LogP contribution in [0.1, 0.15) is 55.1 Å². The minimum atomic E-state index is -0.239. The van der Waals surface area contributed by atoms with Crippen molar-refractivity contribution in [1.82, 2.24) is 5.32 Å². The molecule has 0 spiro atoms. The Morgan fingerprint density at radius 2 is 1.77 bits per heavy atom. The number of nitrogens with zero attached hydrogens (tertiary/aromatic N) is 1. The summed E-state index contributed by atoms with van der Waals surface area (Å²) in [5.41, 5.74) is 3.88. The largest absolute Gasteiger partial charge is 0.498 e. The molecule has 0 unspecified atom stereocenters. The molecule has 0 radical (unpaired) electrons. The molecule has 4 nitrogen and oxygen atoms in total. The highest BCUT2D eigenvalue weighted by atomic mass is 35.5. The van der Waals surface area contributed by atoms with Crippen LogP contribution in [0.25, 0.3) is 0 Å². The van der Waals surface area contributed by atoms with Crippen molar-refractivity contribution in [3.05, 3.63) is 76.0 Å². The quantitative estimate of drug-likeness (QED) is 0.591. The van der Waals surface area contributed by atoms with Gasteiger partial charge in [0.1, 0.15) is 0 Å². The number of carbonyl (C=O) groups excluding carboxylic acids is 1. The molecule has 3 rings (SSSR count). The van der Waals surface area contributed by atoms with Crippen molar-refractivity contribution in [2.45, 2.75) is 39.2 Å². The number of allylic oxidation sites excluding steroid dienone is 1. The van der Waals surface area contributed by atoms with Crippen molar-refractivity contribution >= 4 is 23.2 Å². The smallest absolute Gasteiger partial charge is 0.252 e. The van der Waals surface area contributed by atoms with Crippen LogP contribution in [0.15, 0.2) is 59.9 Å². The van der Waals surface area contributed by atoms with E-state index in [-0.39, 0.29) is 11.9 Å². The van der Waals surface area contributed by atoms with Gasteiger partial charge in [-0.1, -0.05) is 37.6 Å². The molecule has 2 aromatic carbocycles. The van der Waals surface area contributed by atoms with Gasteiger partial charge >= 0.3 is 0 Å². The van der Waals surface area contributed by atoms with E-state index in [4.69, 9.17) is 16.3 Å². The topological polar surface area (TPSA) is 41.6 Å². The van der Waals surface area contributed by atoms with Crippen molar-refractivity contribution in [2.75, 3.05) is 25.6 Å². The first kappa shape index (κ1) is 22.2. The fourth-order valence-corrected chi connectivity index (χ4v) is 3.83. The molecule has 30 heavy (non-hydrogen) atoms. The van der Waals surface area contributed by atoms with Gasteiger partial charge in [-0.25, -0.2) is 0 Å². The number of amides is 1. The number of hydrogen-bond donors (Lipinski definition) is 1. The van der Waals surface area contributed by atoms with Gasteiger partial charge in [0.2, 0.25) is 0 Å². The highest BCUT2D eigenvalue weighted by Gasteiger charge is 2.26. The maximum atomic E-state index is 13.1. The van der Waals surface area contributed by atoms with Crippen LogP contribution in [0.4, 0.5) is 5.69 Å². The zero-order valence-corrected chi connectivity index (χ0v) is 19.0. The van der Waals surface area contributed by atoms with Gasteiger partial charge in [0, 0.05) is 36.8 Å². The third kappa shape index (κ3) is 5.57. The zero-order valence-electron chi connectivity index (χ0n) is 18.2. The van der Waals surface area contributed by atoms with Crippen molar-refractivity contribution in [3.63, 3.8) is 0 Å². The van der Waals surface area contributed by atoms with E-state index in [0.29, 0.717) is 16.5 Å². The van der Waals surface area contributed by atoms with Crippen molar-refractivity contribution in [3.8, 4) is 0 Å². The number of benzene rings is 2. The Bertz CT molecular complexity index is 886. The number of hydrogen-bond acceptors (Lipinski definition) is 3. The lowest BCUT2D eigenvalue weighted by Gasteiger charge is -2.29. The molecule has 160 valence electrons. The van der Waals surface area contributed by atoms with Crippen molar-refractivity contribution in [1.29, 1.82) is 0 Å². The van der Waals surface area contributed by atoms with Gasteiger partial charge in [-0.3, -0.25) is 4.79 Å². The number of rotatable bonds is 7. The highest BCUT2D eigenvalue weighted by Crippen LogP contribution is 2.35. The molecule has 0 aliphatic carbocycles. The molecule has 0 aromatic heterocycles. The molecule has 0 bridgehead atoms. The van der Waals surface area contributed by atoms with E-state index >= 15 is 0 Å². The summed E-state index contributed by atoms with van der Waals surface area (Å²) in [4.78, 5) is 15.1. The summed E-state index contributed by atoms with van der Waals surface area (Å²) < 4.78 is 6.05. The molecule has 1 atom stereocenters. The summed E-state index contributed by atoms with van der Waals surface area (Å²) in [7, 11) is 3.97. The molecule has 1 amide bonds. The molecule has 0 saturated heterocycles. The van der Waals surface area contributed by atoms with Crippen LogP contribution < -0.4 is 10.2 Å². The summed E-state index contributed by atoms with van der Waals surface area (Å²) >= 11 is 6.11. The maximum absolute atomic E-state index is 13.1. The van der Waals surface area contributed by atoms with Crippen LogP contribution >= 0.6 is 11.6 Å². The van der Waals surface area contributed by atoms with Crippen molar-refractivity contribution in [2.24, 2.45) is 5.92 Å². The average Bonchev–Trinajstić information content (AvgIpc) is 2.73. The van der Waals surface area contributed by atoms with E-state index < -0.39 is 0 Å². The summed E-state index contributed by atoms with van der Waals surface area (Å²) in [6.45, 7) is 5.11. The summed E-state index contributed by atoms with van der Waals surface area (Å²) in [5, 5.41) is 3.94. The second-order valence-corrected chi connectivity index (χ2v) is 8.83. The van der Waals surface area contributed by atoms with Crippen LogP contribution in [0.2, 0.25) is 5.02 Å². The minimum absolute atomic E-state index is 0.0952. The normalized spacial score (nSPS) is 15.0. The number of halogens is 1. The first-order chi connectivity index (χ1) is 14.3. The predicted molar refractivity (Wildman–Crippen MR) is 124 cm³/mol. The average molecular weight is 427 g/mol. The lowest BCUT2D eigenvalue weighted by molar-refractivity contribution is 0.0937. The Morgan fingerprint density at radius 1 is 1.10 bits per heavy atom. The second kappa shape index (κ2) is 10.0. The Kier molecular flexibility index (Phi) is 7.43. The summed E-state index contributed by atoms with van der Waals surface area (Å²) in [6, 6.07) is 15.1. The van der Waals surface area contributed by atoms with Crippen LogP contribution in [0, 0.1) is 5.92 Å². The minimum Gasteiger partial charge on any atom is -0.498 e. The van der Waals surface area contributed by atoms with Gasteiger partial charge in [0.15, 0.2) is 0 Å². The summed E-state index contributed by atoms with van der Waals surface area (Å²) in [6.07, 6.45) is 2.73. The molecule has 1 N–H and O–H groups in total. The molecule has 1 heterocycles. The third-order valence-electron chi connectivity index (χ3n) is 5.29. The fraction of sp³-hybridized carbons (Fsp3) is 0.400. The van der Waals surface area contributed by atoms with E-state index in [1.54, 1.807) is 0 Å². The van der Waals surface area contributed by atoms with Crippen molar-refractivity contribution < 1.29 is 9.53 Å². The monoisotopic (exact) mass is 426 g/mol. The van der Waals surface area contributed by atoms with E-state index in [9.17, 15) is 4.79 Å². The number of ether oxygens (including phenoxy) is 1. The molecule has 1 aliphatic rings. The SMILES string of the molecule is CC(C)CC1=C([C@@H](NC(=O)c2ccc(N(C)C)cc2)c2ccc(Cl)cc2)CCCO1. The van der Waals surface area contributed by atoms with Crippen LogP contribution in [0.3, 0.4) is 0 Å². The molecular weight excluding hydrogens is 396 g/mol. The zero-order chi connectivity index (χ0) is 21.7. The number of anilines is 1. The standard InChI is InChI=1S/C25H31ClN2O2/c1-17(2)16-23-22(6-5-15-30-23)24(18-7-11-20(26)12-8-18)27-25(29)19-9-13-21(14-10-19)28(3)4/h7-14,17,24H,5-6,15-16H2,1-4H3,(H,27,29)/t24-/m0/s1. The Labute approximate surface area is 184 Å². The van der Waals surface area contributed by atoms with E-state index in [1.165, 1.54) is 0 Å². The second-order valence-electron chi connectivity index (χ2n) is 8.40. The Hall–Kier alpha value is -2.46. The van der Waals surface area contributed by atoms with Crippen LogP contribution in [-0.4, -0.2) is 26.6 Å². The van der Waals surface area contributed by atoms with Crippen LogP contribution in [0.5, 0.6) is 0 Å². The summed E-state index contributed by atoms with van der Waals surface area (Å²) in [5.74, 6) is 1.40. The molecule has 1 aliphatic heterocycles. The molecule has 0 fully saturated rings. The van der Waals surface area contributed by atoms with Gasteiger partial charge in [-0.2, -0.15) is 0 Å². The lowest BCUT2D eigenvalue weighted by atomic mass is 9.90. The molecule has 5 heteroatoms. The van der Waals surface area contributed by atoms with E-state index in [0.717, 1.165) is 48.5 Å². The van der Waals surface area contributed by atoms with Crippen LogP contribution in [-0.2, 0) is 4.74 Å². The Morgan fingerprint density at radius 3 is 2.37 bits per heavy atom. The van der Waals surface area contributed by atoms with E-state index in [2.05, 4.69) is 19.2 Å². The van der Waals surface area contributed by atoms with Gasteiger partial charge < -0.3 is 15.0 Å². The third-order valence-corrected chi connectivity index (χ3v) is 5.54. The highest BCUT2D eigenvalue weighted by molar-refractivity contribution is 6.30. The van der Waals surface area contributed by atoms with Gasteiger partial charge in [-0.15, -0.1) is 0 Å². The predicted octanol–water partition coefficient (Wildman–Crippen LogP) is 5.99. The molecular formula is C25H31ClN2O2. The lowest BCUT2D eigenvalue weighted by Crippen LogP contribution is -2.31. The van der Waals surface area contributed by atoms with Gasteiger partial charge in [0.05, 0.1) is 18.4 Å². The van der Waals surface area contributed by atoms with Gasteiger partial charge in [-0.05, 0) is 66.3 Å². The van der Waals surface area contributed by atoms with E-state index in [1.807, 2.05) is 67.5 Å². The van der Waals surface area contributed by atoms with Gasteiger partial charge in [0.25, 0.3) is 5.91 Å². The fourth-order valence-electron chi connectivity index (χ4n) is 3.71. The Balaban J connectivity index is 1.94. The number of carbonyl (C=O) groups is 1.